The Labute approximate surface area is 98.0 Å². The van der Waals surface area contributed by atoms with E-state index in [1.165, 1.54) is 0 Å². The second-order valence-electron chi connectivity index (χ2n) is 3.51. The molecule has 0 unspecified atom stereocenters. The average molecular weight is 261 g/mol. The lowest BCUT2D eigenvalue weighted by atomic mass is 10.1. The van der Waals surface area contributed by atoms with Crippen LogP contribution in [0.15, 0.2) is 17.0 Å². The number of ketones is 1. The van der Waals surface area contributed by atoms with Crippen molar-refractivity contribution in [1.82, 2.24) is 0 Å². The first-order valence-electron chi connectivity index (χ1n) is 4.73. The van der Waals surface area contributed by atoms with Crippen LogP contribution in [0.4, 0.5) is 4.39 Å². The lowest BCUT2D eigenvalue weighted by Crippen LogP contribution is -2.10. The van der Waals surface area contributed by atoms with Crippen molar-refractivity contribution in [3.8, 4) is 5.75 Å². The van der Waals surface area contributed by atoms with E-state index in [4.69, 9.17) is 5.73 Å². The third-order valence-corrected chi connectivity index (χ3v) is 3.27. The summed E-state index contributed by atoms with van der Waals surface area (Å²) in [5, 5.41) is 9.44. The van der Waals surface area contributed by atoms with Gasteiger partial charge in [0.1, 0.15) is 4.90 Å². The predicted octanol–water partition coefficient (Wildman–Crippen LogP) is 0.466. The Morgan fingerprint density at radius 1 is 1.47 bits per heavy atom. The first-order valence-corrected chi connectivity index (χ1v) is 6.63. The molecule has 0 atom stereocenters. The number of hydrogen-bond donors (Lipinski definition) is 2. The summed E-state index contributed by atoms with van der Waals surface area (Å²) in [5.74, 6) is -2.80. The molecule has 17 heavy (non-hydrogen) atoms. The van der Waals surface area contributed by atoms with Gasteiger partial charge in [0.15, 0.2) is 27.2 Å². The summed E-state index contributed by atoms with van der Waals surface area (Å²) < 4.78 is 35.9. The normalized spacial score (nSPS) is 11.5. The number of aromatic hydroxyl groups is 1. The zero-order valence-corrected chi connectivity index (χ0v) is 9.92. The molecular formula is C10H12FNO4S. The molecule has 94 valence electrons. The molecule has 0 spiro atoms. The van der Waals surface area contributed by atoms with Crippen LogP contribution in [0, 0.1) is 5.82 Å². The highest BCUT2D eigenvalue weighted by Crippen LogP contribution is 2.28. The van der Waals surface area contributed by atoms with E-state index in [9.17, 15) is 22.7 Å². The molecule has 0 radical (unpaired) electrons. The lowest BCUT2D eigenvalue weighted by molar-refractivity contribution is 0.0982. The minimum Gasteiger partial charge on any atom is -0.504 e. The van der Waals surface area contributed by atoms with E-state index in [0.29, 0.717) is 0 Å². The number of phenols is 1. The Hall–Kier alpha value is -1.47. The van der Waals surface area contributed by atoms with Gasteiger partial charge in [-0.2, -0.15) is 0 Å². The van der Waals surface area contributed by atoms with Crippen LogP contribution in [0.1, 0.15) is 16.8 Å². The van der Waals surface area contributed by atoms with Crippen LogP contribution in [-0.4, -0.2) is 32.1 Å². The fourth-order valence-corrected chi connectivity index (χ4v) is 2.06. The molecule has 0 saturated heterocycles. The number of carbonyl (C=O) groups excluding carboxylic acids is 1. The number of carbonyl (C=O) groups is 1. The Bertz CT molecular complexity index is 554. The molecule has 0 aromatic heterocycles. The summed E-state index contributed by atoms with van der Waals surface area (Å²) in [6.45, 7) is 0.0632. The van der Waals surface area contributed by atoms with Crippen LogP contribution >= 0.6 is 0 Å². The lowest BCUT2D eigenvalue weighted by Gasteiger charge is -2.07. The number of sulfone groups is 1. The van der Waals surface area contributed by atoms with Gasteiger partial charge in [0.2, 0.25) is 0 Å². The van der Waals surface area contributed by atoms with E-state index < -0.39 is 32.1 Å². The van der Waals surface area contributed by atoms with Crippen LogP contribution in [0.5, 0.6) is 5.75 Å². The molecule has 0 aliphatic rings. The van der Waals surface area contributed by atoms with E-state index in [1.54, 1.807) is 0 Å². The largest absolute Gasteiger partial charge is 0.504 e. The second-order valence-corrected chi connectivity index (χ2v) is 5.49. The molecular weight excluding hydrogens is 249 g/mol. The highest BCUT2D eigenvalue weighted by Gasteiger charge is 2.22. The maximum absolute atomic E-state index is 13.5. The summed E-state index contributed by atoms with van der Waals surface area (Å²) >= 11 is 0. The van der Waals surface area contributed by atoms with E-state index in [2.05, 4.69) is 0 Å². The monoisotopic (exact) mass is 261 g/mol. The summed E-state index contributed by atoms with van der Waals surface area (Å²) in [6, 6.07) is 2.03. The van der Waals surface area contributed by atoms with Crippen molar-refractivity contribution in [1.29, 1.82) is 0 Å². The van der Waals surface area contributed by atoms with Crippen molar-refractivity contribution in [2.75, 3.05) is 12.8 Å². The van der Waals surface area contributed by atoms with Gasteiger partial charge in [0.05, 0.1) is 5.56 Å². The predicted molar refractivity (Wildman–Crippen MR) is 59.2 cm³/mol. The van der Waals surface area contributed by atoms with Crippen LogP contribution < -0.4 is 5.73 Å². The fourth-order valence-electron chi connectivity index (χ4n) is 1.32. The minimum absolute atomic E-state index is 0.0504. The van der Waals surface area contributed by atoms with Crippen LogP contribution in [0.25, 0.3) is 0 Å². The van der Waals surface area contributed by atoms with Gasteiger partial charge in [0, 0.05) is 12.7 Å². The molecule has 0 amide bonds. The smallest absolute Gasteiger partial charge is 0.184 e. The van der Waals surface area contributed by atoms with E-state index >= 15 is 0 Å². The highest BCUT2D eigenvalue weighted by molar-refractivity contribution is 7.90. The maximum Gasteiger partial charge on any atom is 0.184 e. The molecule has 0 saturated carbocycles. The molecule has 1 aromatic carbocycles. The number of Topliss-reactive ketones (excluding diaryl/α,β-unsaturated/α-hetero) is 1. The van der Waals surface area contributed by atoms with Gasteiger partial charge in [-0.3, -0.25) is 4.79 Å². The quantitative estimate of drug-likeness (QED) is 0.768. The maximum atomic E-state index is 13.5. The molecule has 1 rings (SSSR count). The van der Waals surface area contributed by atoms with Crippen molar-refractivity contribution in [2.24, 2.45) is 5.73 Å². The molecule has 0 aliphatic carbocycles. The summed E-state index contributed by atoms with van der Waals surface area (Å²) in [6.07, 6.45) is 0.761. The van der Waals surface area contributed by atoms with Crippen LogP contribution in [0.2, 0.25) is 0 Å². The zero-order chi connectivity index (χ0) is 13.2. The third-order valence-electron chi connectivity index (χ3n) is 2.15. The zero-order valence-electron chi connectivity index (χ0n) is 9.10. The van der Waals surface area contributed by atoms with E-state index in [0.717, 1.165) is 18.4 Å². The number of benzene rings is 1. The first kappa shape index (κ1) is 13.6. The second kappa shape index (κ2) is 4.80. The van der Waals surface area contributed by atoms with Gasteiger partial charge in [-0.15, -0.1) is 0 Å². The van der Waals surface area contributed by atoms with Crippen LogP contribution in [-0.2, 0) is 9.84 Å². The van der Waals surface area contributed by atoms with Crippen molar-refractivity contribution >= 4 is 15.6 Å². The van der Waals surface area contributed by atoms with Crippen molar-refractivity contribution in [3.05, 3.63) is 23.5 Å². The van der Waals surface area contributed by atoms with Gasteiger partial charge >= 0.3 is 0 Å². The Balaban J connectivity index is 3.34. The van der Waals surface area contributed by atoms with Gasteiger partial charge in [-0.1, -0.05) is 0 Å². The first-order chi connectivity index (χ1) is 7.79. The topological polar surface area (TPSA) is 97.5 Å². The molecule has 0 fully saturated rings. The van der Waals surface area contributed by atoms with Crippen molar-refractivity contribution < 1.29 is 22.7 Å². The number of hydrogen-bond acceptors (Lipinski definition) is 5. The molecule has 3 N–H and O–H groups in total. The summed E-state index contributed by atoms with van der Waals surface area (Å²) in [5.41, 5.74) is 4.90. The number of halogens is 1. The number of phenolic OH excluding ortho intramolecular Hbond substituents is 1. The molecule has 7 heteroatoms. The van der Waals surface area contributed by atoms with E-state index in [1.807, 2.05) is 0 Å². The molecule has 0 heterocycles. The fraction of sp³-hybridized carbons (Fsp3) is 0.300. The molecule has 5 nitrogen and oxygen atoms in total. The van der Waals surface area contributed by atoms with Gasteiger partial charge in [-0.05, 0) is 18.7 Å². The molecule has 0 bridgehead atoms. The SMILES string of the molecule is CS(=O)(=O)c1ccc(C(=O)CCN)c(O)c1F. The molecule has 0 aliphatic heterocycles. The summed E-state index contributed by atoms with van der Waals surface area (Å²) in [7, 11) is -3.78. The third kappa shape index (κ3) is 2.80. The summed E-state index contributed by atoms with van der Waals surface area (Å²) in [4.78, 5) is 10.8. The van der Waals surface area contributed by atoms with Gasteiger partial charge in [0.25, 0.3) is 0 Å². The Kier molecular flexibility index (Phi) is 3.84. The van der Waals surface area contributed by atoms with Crippen molar-refractivity contribution in [2.45, 2.75) is 11.3 Å². The minimum atomic E-state index is -3.78. The molecule has 1 aromatic rings. The van der Waals surface area contributed by atoms with Crippen LogP contribution in [0.3, 0.4) is 0 Å². The standard InChI is InChI=1S/C10H12FNO4S/c1-17(15,16)8-3-2-6(7(13)4-5-12)10(14)9(8)11/h2-3,14H,4-5,12H2,1H3. The Morgan fingerprint density at radius 3 is 2.53 bits per heavy atom. The van der Waals surface area contributed by atoms with E-state index in [-0.39, 0.29) is 18.5 Å². The highest BCUT2D eigenvalue weighted by atomic mass is 32.2. The van der Waals surface area contributed by atoms with Crippen molar-refractivity contribution in [3.63, 3.8) is 0 Å². The van der Waals surface area contributed by atoms with Gasteiger partial charge in [-0.25, -0.2) is 12.8 Å². The van der Waals surface area contributed by atoms with Gasteiger partial charge < -0.3 is 10.8 Å². The average Bonchev–Trinajstić information content (AvgIpc) is 2.20. The number of rotatable bonds is 4. The number of nitrogens with two attached hydrogens (primary N) is 1. The Morgan fingerprint density at radius 2 is 2.06 bits per heavy atom.